The summed E-state index contributed by atoms with van der Waals surface area (Å²) in [5.74, 6) is 0. The van der Waals surface area contributed by atoms with Crippen molar-refractivity contribution in [1.82, 2.24) is 4.98 Å². The molecule has 0 aliphatic heterocycles. The fourth-order valence-corrected chi connectivity index (χ4v) is 7.01. The normalized spacial score (nSPS) is 13.6. The molecule has 8 aromatic rings. The average molecular weight is 679 g/mol. The summed E-state index contributed by atoms with van der Waals surface area (Å²) in [6.07, 6.45) is 7.73. The van der Waals surface area contributed by atoms with Gasteiger partial charge < -0.3 is 0 Å². The van der Waals surface area contributed by atoms with Crippen molar-refractivity contribution in [2.75, 3.05) is 5.43 Å². The van der Waals surface area contributed by atoms with Gasteiger partial charge in [0.25, 0.3) is 0 Å². The van der Waals surface area contributed by atoms with Crippen molar-refractivity contribution in [1.29, 1.82) is 5.41 Å². The van der Waals surface area contributed by atoms with Crippen molar-refractivity contribution >= 4 is 49.8 Å². The highest BCUT2D eigenvalue weighted by Crippen LogP contribution is 2.34. The second kappa shape index (κ2) is 13.9. The van der Waals surface area contributed by atoms with Gasteiger partial charge in [-0.25, -0.2) is 0 Å². The first-order valence-corrected chi connectivity index (χ1v) is 17.7. The van der Waals surface area contributed by atoms with Crippen molar-refractivity contribution < 1.29 is 0 Å². The van der Waals surface area contributed by atoms with Gasteiger partial charge in [0.1, 0.15) is 5.71 Å². The molecule has 250 valence electrons. The fourth-order valence-electron chi connectivity index (χ4n) is 7.01. The van der Waals surface area contributed by atoms with E-state index >= 15 is 0 Å². The predicted molar refractivity (Wildman–Crippen MR) is 223 cm³/mol. The number of aromatic nitrogens is 1. The van der Waals surface area contributed by atoms with Gasteiger partial charge in [0.05, 0.1) is 11.4 Å². The molecule has 0 amide bonds. The van der Waals surface area contributed by atoms with Gasteiger partial charge in [-0.15, -0.1) is 0 Å². The Morgan fingerprint density at radius 1 is 0.415 bits per heavy atom. The molecule has 0 unspecified atom stereocenters. The van der Waals surface area contributed by atoms with Crippen molar-refractivity contribution in [2.24, 2.45) is 5.10 Å². The van der Waals surface area contributed by atoms with E-state index in [1.807, 2.05) is 42.5 Å². The summed E-state index contributed by atoms with van der Waals surface area (Å²) in [6, 6.07) is 59.3. The Labute approximate surface area is 308 Å². The van der Waals surface area contributed by atoms with E-state index in [-0.39, 0.29) is 0 Å². The van der Waals surface area contributed by atoms with Crippen LogP contribution >= 0.6 is 0 Å². The molecule has 9 rings (SSSR count). The van der Waals surface area contributed by atoms with Gasteiger partial charge >= 0.3 is 0 Å². The first-order chi connectivity index (χ1) is 26.1. The zero-order valence-corrected chi connectivity index (χ0v) is 28.9. The van der Waals surface area contributed by atoms with Crippen LogP contribution in [-0.2, 0) is 0 Å². The van der Waals surface area contributed by atoms with Gasteiger partial charge in [0.2, 0.25) is 0 Å². The Bertz CT molecular complexity index is 2740. The van der Waals surface area contributed by atoms with E-state index in [1.54, 1.807) is 12.4 Å². The zero-order chi connectivity index (χ0) is 35.6. The molecule has 0 atom stereocenters. The number of nitrogens with zero attached hydrogens (tertiary/aromatic N) is 2. The molecule has 4 heteroatoms. The molecule has 53 heavy (non-hydrogen) atoms. The molecule has 7 aromatic carbocycles. The topological polar surface area (TPSA) is 61.1 Å². The molecule has 4 nitrogen and oxygen atoms in total. The molecule has 0 saturated heterocycles. The smallest absolute Gasteiger partial charge is 0.109 e. The van der Waals surface area contributed by atoms with Crippen LogP contribution in [0, 0.1) is 5.41 Å². The molecule has 1 aliphatic carbocycles. The number of allylic oxidation sites excluding steroid dienone is 4. The van der Waals surface area contributed by atoms with Crippen molar-refractivity contribution in [2.45, 2.75) is 0 Å². The lowest BCUT2D eigenvalue weighted by Gasteiger charge is -2.19. The fraction of sp³-hybridized carbons (Fsp3) is 0. The summed E-state index contributed by atoms with van der Waals surface area (Å²) in [5, 5.41) is 18.9. The zero-order valence-electron chi connectivity index (χ0n) is 28.9. The number of fused-ring (bicyclic) bond motifs is 2. The maximum Gasteiger partial charge on any atom is 0.109 e. The largest absolute Gasteiger partial charge is 0.298 e. The van der Waals surface area contributed by atoms with Crippen LogP contribution in [-0.4, -0.2) is 16.4 Å². The predicted octanol–water partition coefficient (Wildman–Crippen LogP) is 12.4. The van der Waals surface area contributed by atoms with Gasteiger partial charge in [-0.1, -0.05) is 121 Å². The molecule has 0 fully saturated rings. The molecule has 2 N–H and O–H groups in total. The Hall–Kier alpha value is -7.17. The van der Waals surface area contributed by atoms with E-state index in [0.29, 0.717) is 11.4 Å². The summed E-state index contributed by atoms with van der Waals surface area (Å²) in [7, 11) is 0. The average Bonchev–Trinajstić information content (AvgIpc) is 3.23. The minimum Gasteiger partial charge on any atom is -0.298 e. The molecule has 1 aliphatic rings. The van der Waals surface area contributed by atoms with Gasteiger partial charge in [0, 0.05) is 18.0 Å². The van der Waals surface area contributed by atoms with E-state index in [0.717, 1.165) is 55.2 Å². The number of hydrazone groups is 1. The second-order valence-electron chi connectivity index (χ2n) is 13.2. The van der Waals surface area contributed by atoms with Gasteiger partial charge in [-0.2, -0.15) is 5.10 Å². The van der Waals surface area contributed by atoms with Crippen molar-refractivity contribution in [3.8, 4) is 33.4 Å². The van der Waals surface area contributed by atoms with E-state index in [9.17, 15) is 5.41 Å². The summed E-state index contributed by atoms with van der Waals surface area (Å²) in [6.45, 7) is 0. The van der Waals surface area contributed by atoms with E-state index < -0.39 is 0 Å². The molecule has 1 aromatic heterocycles. The molecule has 1 heterocycles. The maximum atomic E-state index is 9.44. The van der Waals surface area contributed by atoms with Crippen LogP contribution < -0.4 is 5.43 Å². The lowest BCUT2D eigenvalue weighted by atomic mass is 9.86. The Morgan fingerprint density at radius 3 is 1.53 bits per heavy atom. The minimum atomic E-state index is 0.361. The van der Waals surface area contributed by atoms with E-state index in [4.69, 9.17) is 5.10 Å². The second-order valence-corrected chi connectivity index (χ2v) is 13.2. The van der Waals surface area contributed by atoms with Crippen LogP contribution in [0.1, 0.15) is 11.1 Å². The molecular formula is C49H34N4. The van der Waals surface area contributed by atoms with Crippen molar-refractivity contribution in [3.05, 3.63) is 206 Å². The number of pyridine rings is 1. The number of anilines is 1. The van der Waals surface area contributed by atoms with Gasteiger partial charge in [-0.3, -0.25) is 15.8 Å². The highest BCUT2D eigenvalue weighted by Gasteiger charge is 2.21. The van der Waals surface area contributed by atoms with Gasteiger partial charge in [-0.05, 0) is 132 Å². The quantitative estimate of drug-likeness (QED) is 0.130. The lowest BCUT2D eigenvalue weighted by Crippen LogP contribution is -2.18. The Kier molecular flexibility index (Phi) is 8.31. The van der Waals surface area contributed by atoms with Gasteiger partial charge in [0.15, 0.2) is 0 Å². The summed E-state index contributed by atoms with van der Waals surface area (Å²) in [5.41, 5.74) is 15.8. The van der Waals surface area contributed by atoms with Crippen LogP contribution in [0.25, 0.3) is 66.1 Å². The molecule has 0 spiro atoms. The van der Waals surface area contributed by atoms with Crippen molar-refractivity contribution in [3.63, 3.8) is 0 Å². The van der Waals surface area contributed by atoms with Crippen LogP contribution in [0.3, 0.4) is 0 Å². The third-order valence-electron chi connectivity index (χ3n) is 9.84. The number of hydrogen-bond acceptors (Lipinski definition) is 4. The Balaban J connectivity index is 1.10. The molecule has 0 saturated carbocycles. The number of nitrogens with one attached hydrogen (secondary N) is 2. The third kappa shape index (κ3) is 6.58. The highest BCUT2D eigenvalue weighted by atomic mass is 15.3. The summed E-state index contributed by atoms with van der Waals surface area (Å²) >= 11 is 0. The standard InChI is InChI=1S/C49H34N4/c50-49-47(44-21-20-41-27-38(15-17-42(41)29-44)34-10-5-2-6-11-34)31-45(32-48(49)53-52-46-13-7-12-36(30-46)35-22-24-51-25-23-35)43-19-18-39-26-37(14-16-40(39)28-43)33-8-3-1-4-9-33/h1-32,50,52H/b50-49?,53-48-. The van der Waals surface area contributed by atoms with Crippen LogP contribution in [0.15, 0.2) is 200 Å². The first kappa shape index (κ1) is 31.8. The summed E-state index contributed by atoms with van der Waals surface area (Å²) in [4.78, 5) is 4.16. The third-order valence-corrected chi connectivity index (χ3v) is 9.84. The Morgan fingerprint density at radius 2 is 0.906 bits per heavy atom. The monoisotopic (exact) mass is 678 g/mol. The number of hydrogen-bond donors (Lipinski definition) is 2. The maximum absolute atomic E-state index is 9.44. The SMILES string of the molecule is N=C1C(c2ccc3cc(-c4ccccc4)ccc3c2)=CC(c2ccc3cc(-c4ccccc4)ccc3c2)=C/C1=N/Nc1cccc(-c2ccncc2)c1. The summed E-state index contributed by atoms with van der Waals surface area (Å²) < 4.78 is 0. The van der Waals surface area contributed by atoms with Crippen LogP contribution in [0.2, 0.25) is 0 Å². The van der Waals surface area contributed by atoms with Crippen LogP contribution in [0.5, 0.6) is 0 Å². The lowest BCUT2D eigenvalue weighted by molar-refractivity contribution is 1.32. The van der Waals surface area contributed by atoms with Crippen LogP contribution in [0.4, 0.5) is 5.69 Å². The first-order valence-electron chi connectivity index (χ1n) is 17.7. The van der Waals surface area contributed by atoms with E-state index in [2.05, 4.69) is 150 Å². The molecule has 0 bridgehead atoms. The highest BCUT2D eigenvalue weighted by molar-refractivity contribution is 6.62. The molecule has 0 radical (unpaired) electrons. The minimum absolute atomic E-state index is 0.361. The number of rotatable bonds is 7. The van der Waals surface area contributed by atoms with E-state index in [1.165, 1.54) is 27.6 Å². The number of benzene rings is 7. The molecular weight excluding hydrogens is 645 g/mol.